The van der Waals surface area contributed by atoms with Crippen molar-refractivity contribution in [2.75, 3.05) is 12.3 Å². The first-order chi connectivity index (χ1) is 5.18. The summed E-state index contributed by atoms with van der Waals surface area (Å²) in [5.74, 6) is 0.885. The molecule has 0 aliphatic heterocycles. The lowest BCUT2D eigenvalue weighted by Crippen LogP contribution is -2.21. The third-order valence-corrected chi connectivity index (χ3v) is 1.50. The van der Waals surface area contributed by atoms with Crippen molar-refractivity contribution < 1.29 is 6.22 Å². The summed E-state index contributed by atoms with van der Waals surface area (Å²) in [6.07, 6.45) is 1.25. The predicted octanol–water partition coefficient (Wildman–Crippen LogP) is 2.36. The molecule has 2 nitrogen and oxygen atoms in total. The molecule has 0 aliphatic rings. The molecule has 0 fully saturated rings. The molecule has 0 radical (unpaired) electrons. The first-order valence-corrected chi connectivity index (χ1v) is 5.73. The second-order valence-electron chi connectivity index (χ2n) is 2.02. The van der Waals surface area contributed by atoms with Gasteiger partial charge >= 0.3 is 0 Å². The summed E-state index contributed by atoms with van der Waals surface area (Å²) in [5.41, 5.74) is 0. The molecule has 0 rings (SSSR count). The molecule has 0 unspecified atom stereocenters. The summed E-state index contributed by atoms with van der Waals surface area (Å²) >= 11 is 3.89. The zero-order valence-corrected chi connectivity index (χ0v) is 9.10. The van der Waals surface area contributed by atoms with Crippen molar-refractivity contribution in [1.29, 1.82) is 0 Å². The van der Waals surface area contributed by atoms with Gasteiger partial charge in [-0.15, -0.1) is 11.7 Å². The average Bonchev–Trinajstić information content (AvgIpc) is 1.89. The number of thiol groups is 1. The highest BCUT2D eigenvalue weighted by atomic mass is 33.1. The van der Waals surface area contributed by atoms with Gasteiger partial charge in [0, 0.05) is 20.6 Å². The van der Waals surface area contributed by atoms with Crippen molar-refractivity contribution >= 4 is 28.4 Å². The Balaban J connectivity index is -0.000000177. The van der Waals surface area contributed by atoms with Crippen molar-refractivity contribution in [3.8, 4) is 0 Å². The van der Waals surface area contributed by atoms with Crippen LogP contribution in [0.2, 0.25) is 0 Å². The Bertz CT molecular complexity index is 93.5. The van der Waals surface area contributed by atoms with E-state index in [2.05, 4.69) is 30.8 Å². The second-order valence-corrected chi connectivity index (χ2v) is 3.46. The van der Waals surface area contributed by atoms with E-state index in [0.717, 1.165) is 5.75 Å². The van der Waals surface area contributed by atoms with Crippen LogP contribution in [0, 0.1) is 0 Å². The number of rotatable bonds is 3. The van der Waals surface area contributed by atoms with E-state index in [4.69, 9.17) is 0 Å². The van der Waals surface area contributed by atoms with Crippen molar-refractivity contribution in [3.05, 3.63) is 0 Å². The molecule has 1 amide bonds. The fourth-order valence-electron chi connectivity index (χ4n) is 0.273. The summed E-state index contributed by atoms with van der Waals surface area (Å²) in [7, 11) is 1.42. The molecule has 0 atom stereocenters. The number of hydrogen-bond donors (Lipinski definition) is 2. The van der Waals surface area contributed by atoms with Gasteiger partial charge in [0.05, 0.1) is 0 Å². The van der Waals surface area contributed by atoms with Crippen LogP contribution in [-0.4, -0.2) is 18.2 Å². The number of amides is 1. The summed E-state index contributed by atoms with van der Waals surface area (Å²) in [6.45, 7) is 6.46. The Kier molecular flexibility index (Phi) is 16.0. The highest BCUT2D eigenvalue weighted by molar-refractivity contribution is 8.68. The van der Waals surface area contributed by atoms with Gasteiger partial charge in [0.25, 0.3) is 0 Å². The van der Waals surface area contributed by atoms with Crippen LogP contribution in [-0.2, 0) is 4.79 Å². The Hall–Kier alpha value is 0.170. The maximum Gasteiger partial charge on any atom is 0.216 e. The molecule has 70 valence electrons. The van der Waals surface area contributed by atoms with E-state index >= 15 is 0 Å². The molecule has 1 N–H and O–H groups in total. The highest BCUT2D eigenvalue weighted by Gasteiger charge is 1.86. The predicted molar refractivity (Wildman–Crippen MR) is 58.2 cm³/mol. The van der Waals surface area contributed by atoms with Gasteiger partial charge in [-0.1, -0.05) is 31.1 Å². The molecule has 0 heterocycles. The van der Waals surface area contributed by atoms with Gasteiger partial charge < -0.3 is 5.32 Å². The molecular weight excluding hydrogens is 178 g/mol. The molecule has 0 aliphatic carbocycles. The minimum absolute atomic E-state index is 0. The quantitative estimate of drug-likeness (QED) is 0.413. The van der Waals surface area contributed by atoms with E-state index < -0.39 is 0 Å². The van der Waals surface area contributed by atoms with Gasteiger partial charge in [0.1, 0.15) is 0 Å². The monoisotopic (exact) mass is 197 g/mol. The second kappa shape index (κ2) is 12.8. The zero-order chi connectivity index (χ0) is 9.11. The largest absolute Gasteiger partial charge is 0.355 e. The van der Waals surface area contributed by atoms with Crippen LogP contribution in [0.4, 0.5) is 0 Å². The highest BCUT2D eigenvalue weighted by Crippen LogP contribution is 2.00. The van der Waals surface area contributed by atoms with Gasteiger partial charge in [-0.25, -0.2) is 0 Å². The fraction of sp³-hybridized carbons (Fsp3) is 0.857. The van der Waals surface area contributed by atoms with Gasteiger partial charge in [0.15, 0.2) is 0 Å². The normalized spacial score (nSPS) is 8.00. The van der Waals surface area contributed by atoms with Crippen molar-refractivity contribution in [2.24, 2.45) is 0 Å². The van der Waals surface area contributed by atoms with Gasteiger partial charge in [0.2, 0.25) is 5.91 Å². The van der Waals surface area contributed by atoms with E-state index in [0.29, 0.717) is 6.54 Å². The van der Waals surface area contributed by atoms with E-state index in [1.807, 2.05) is 0 Å². The van der Waals surface area contributed by atoms with Gasteiger partial charge in [-0.05, 0) is 0 Å². The smallest absolute Gasteiger partial charge is 0.216 e. The average molecular weight is 197 g/mol. The van der Waals surface area contributed by atoms with Gasteiger partial charge in [-0.3, -0.25) is 4.79 Å². The Morgan fingerprint density at radius 3 is 2.36 bits per heavy atom. The lowest BCUT2D eigenvalue weighted by molar-refractivity contribution is -0.118. The standard InChI is InChI=1S/C4H9NOS2.C3H8.H2/c1-4(6)5-2-3-8-7;1-3-2;/h7H,2-3H2,1H3,(H,5,6);3H2,1-2H3;1H. The van der Waals surface area contributed by atoms with Crippen LogP contribution in [0.15, 0.2) is 0 Å². The number of hydrogen-bond acceptors (Lipinski definition) is 3. The van der Waals surface area contributed by atoms with Gasteiger partial charge in [-0.2, -0.15) is 0 Å². The van der Waals surface area contributed by atoms with Crippen LogP contribution < -0.4 is 5.32 Å². The third-order valence-electron chi connectivity index (χ3n) is 0.567. The minimum Gasteiger partial charge on any atom is -0.355 e. The zero-order valence-electron chi connectivity index (χ0n) is 7.39. The Labute approximate surface area is 79.8 Å². The maximum atomic E-state index is 10.2. The van der Waals surface area contributed by atoms with E-state index in [-0.39, 0.29) is 7.33 Å². The fourth-order valence-corrected chi connectivity index (χ4v) is 0.740. The number of carbonyl (C=O) groups excluding carboxylic acids is 1. The molecule has 0 saturated carbocycles. The Morgan fingerprint density at radius 2 is 2.09 bits per heavy atom. The van der Waals surface area contributed by atoms with Crippen LogP contribution in [0.3, 0.4) is 0 Å². The minimum atomic E-state index is 0. The molecule has 11 heavy (non-hydrogen) atoms. The SMILES string of the molecule is CC(=O)NCCSS.CCC.[HH]. The number of carbonyl (C=O) groups is 1. The molecular formula is C7H19NOS2. The molecule has 0 aromatic carbocycles. The summed E-state index contributed by atoms with van der Waals surface area (Å²) < 4.78 is 0. The lowest BCUT2D eigenvalue weighted by Gasteiger charge is -1.95. The summed E-state index contributed by atoms with van der Waals surface area (Å²) in [4.78, 5) is 10.2. The van der Waals surface area contributed by atoms with E-state index in [1.54, 1.807) is 0 Å². The van der Waals surface area contributed by atoms with Crippen LogP contribution in [0.25, 0.3) is 0 Å². The molecule has 0 aromatic rings. The molecule has 0 bridgehead atoms. The van der Waals surface area contributed by atoms with Crippen LogP contribution in [0.5, 0.6) is 0 Å². The molecule has 4 heteroatoms. The summed E-state index contributed by atoms with van der Waals surface area (Å²) in [6, 6.07) is 0. The van der Waals surface area contributed by atoms with E-state index in [9.17, 15) is 4.79 Å². The number of nitrogens with one attached hydrogen (secondary N) is 1. The van der Waals surface area contributed by atoms with Crippen molar-refractivity contribution in [1.82, 2.24) is 5.32 Å². The first-order valence-electron chi connectivity index (χ1n) is 3.69. The van der Waals surface area contributed by atoms with Crippen molar-refractivity contribution in [3.63, 3.8) is 0 Å². The molecule has 0 spiro atoms. The molecule has 0 saturated heterocycles. The van der Waals surface area contributed by atoms with Crippen LogP contribution in [0.1, 0.15) is 28.6 Å². The Morgan fingerprint density at radius 1 is 1.64 bits per heavy atom. The lowest BCUT2D eigenvalue weighted by atomic mass is 10.6. The van der Waals surface area contributed by atoms with Crippen LogP contribution >= 0.6 is 22.5 Å². The topological polar surface area (TPSA) is 29.1 Å². The first kappa shape index (κ1) is 13.7. The molecule has 0 aromatic heterocycles. The van der Waals surface area contributed by atoms with Crippen molar-refractivity contribution in [2.45, 2.75) is 27.2 Å². The maximum absolute atomic E-state index is 10.2. The third kappa shape index (κ3) is 25.4. The summed E-state index contributed by atoms with van der Waals surface area (Å²) in [5, 5.41) is 2.64. The van der Waals surface area contributed by atoms with E-state index in [1.165, 1.54) is 24.1 Å².